The van der Waals surface area contributed by atoms with Crippen molar-refractivity contribution in [1.82, 2.24) is 4.31 Å². The van der Waals surface area contributed by atoms with Gasteiger partial charge in [0.2, 0.25) is 10.0 Å². The van der Waals surface area contributed by atoms with E-state index < -0.39 is 10.0 Å². The summed E-state index contributed by atoms with van der Waals surface area (Å²) in [6.07, 6.45) is 2.78. The fraction of sp³-hybridized carbons (Fsp3) is 0.500. The monoisotopic (exact) mass is 312 g/mol. The van der Waals surface area contributed by atoms with Crippen molar-refractivity contribution in [1.29, 1.82) is 5.26 Å². The van der Waals surface area contributed by atoms with Crippen LogP contribution in [0.5, 0.6) is 0 Å². The van der Waals surface area contributed by atoms with Gasteiger partial charge in [0.05, 0.1) is 15.5 Å². The number of halogens is 1. The second kappa shape index (κ2) is 5.72. The fourth-order valence-electron chi connectivity index (χ4n) is 2.74. The van der Waals surface area contributed by atoms with Crippen molar-refractivity contribution < 1.29 is 8.42 Å². The summed E-state index contributed by atoms with van der Waals surface area (Å²) < 4.78 is 27.1. The van der Waals surface area contributed by atoms with Crippen molar-refractivity contribution in [2.24, 2.45) is 0 Å². The molecule has 0 spiro atoms. The van der Waals surface area contributed by atoms with E-state index >= 15 is 0 Å². The Bertz CT molecular complexity index is 642. The molecule has 0 bridgehead atoms. The number of sulfonamides is 1. The molecule has 0 aliphatic carbocycles. The van der Waals surface area contributed by atoms with Crippen molar-refractivity contribution in [2.75, 3.05) is 0 Å². The molecule has 6 heteroatoms. The third-order valence-corrected chi connectivity index (χ3v) is 6.19. The molecule has 1 aliphatic rings. The predicted molar refractivity (Wildman–Crippen MR) is 78.0 cm³/mol. The minimum Gasteiger partial charge on any atom is -0.207 e. The Morgan fingerprint density at radius 3 is 2.40 bits per heavy atom. The van der Waals surface area contributed by atoms with Crippen molar-refractivity contribution in [2.45, 2.75) is 50.1 Å². The maximum absolute atomic E-state index is 12.7. The maximum Gasteiger partial charge on any atom is 0.243 e. The summed E-state index contributed by atoms with van der Waals surface area (Å²) >= 11 is 5.94. The third kappa shape index (κ3) is 2.69. The van der Waals surface area contributed by atoms with Gasteiger partial charge in [-0.3, -0.25) is 0 Å². The average Bonchev–Trinajstić information content (AvgIpc) is 2.38. The van der Waals surface area contributed by atoms with Gasteiger partial charge in [-0.25, -0.2) is 8.42 Å². The highest BCUT2D eigenvalue weighted by Crippen LogP contribution is 2.31. The van der Waals surface area contributed by atoms with Crippen LogP contribution in [0.2, 0.25) is 5.02 Å². The van der Waals surface area contributed by atoms with Crippen molar-refractivity contribution in [3.05, 3.63) is 28.8 Å². The van der Waals surface area contributed by atoms with Gasteiger partial charge in [-0.15, -0.1) is 0 Å². The third-order valence-electron chi connectivity index (χ3n) is 3.75. The lowest BCUT2D eigenvalue weighted by molar-refractivity contribution is 0.204. The highest BCUT2D eigenvalue weighted by Gasteiger charge is 2.35. The summed E-state index contributed by atoms with van der Waals surface area (Å²) in [5.74, 6) is 0. The Hall–Kier alpha value is -1.09. The zero-order valence-electron chi connectivity index (χ0n) is 11.5. The van der Waals surface area contributed by atoms with E-state index in [-0.39, 0.29) is 27.6 Å². The molecule has 1 saturated heterocycles. The molecule has 2 atom stereocenters. The molecule has 0 N–H and O–H groups in total. The van der Waals surface area contributed by atoms with Crippen LogP contribution in [0.3, 0.4) is 0 Å². The van der Waals surface area contributed by atoms with Gasteiger partial charge < -0.3 is 0 Å². The fourth-order valence-corrected chi connectivity index (χ4v) is 4.94. The average molecular weight is 313 g/mol. The Labute approximate surface area is 125 Å². The molecule has 0 amide bonds. The lowest BCUT2D eigenvalue weighted by atomic mass is 10.0. The smallest absolute Gasteiger partial charge is 0.207 e. The molecule has 0 saturated carbocycles. The van der Waals surface area contributed by atoms with Gasteiger partial charge in [0.25, 0.3) is 0 Å². The zero-order chi connectivity index (χ0) is 14.9. The van der Waals surface area contributed by atoms with Gasteiger partial charge in [-0.05, 0) is 44.9 Å². The van der Waals surface area contributed by atoms with Crippen molar-refractivity contribution in [3.63, 3.8) is 0 Å². The van der Waals surface area contributed by atoms with Gasteiger partial charge in [0.1, 0.15) is 6.07 Å². The van der Waals surface area contributed by atoms with Crippen LogP contribution in [0.4, 0.5) is 0 Å². The molecular formula is C14H17ClN2O2S. The molecule has 1 aromatic carbocycles. The lowest BCUT2D eigenvalue weighted by Gasteiger charge is -2.37. The molecule has 1 fully saturated rings. The molecule has 108 valence electrons. The van der Waals surface area contributed by atoms with Gasteiger partial charge >= 0.3 is 0 Å². The maximum atomic E-state index is 12.7. The quantitative estimate of drug-likeness (QED) is 0.842. The minimum atomic E-state index is -3.57. The topological polar surface area (TPSA) is 61.2 Å². The van der Waals surface area contributed by atoms with E-state index in [1.165, 1.54) is 18.2 Å². The second-order valence-corrected chi connectivity index (χ2v) is 7.47. The van der Waals surface area contributed by atoms with Crippen LogP contribution in [0.15, 0.2) is 23.1 Å². The number of benzene rings is 1. The van der Waals surface area contributed by atoms with Gasteiger partial charge in [0, 0.05) is 12.1 Å². The van der Waals surface area contributed by atoms with Crippen LogP contribution < -0.4 is 0 Å². The molecule has 2 unspecified atom stereocenters. The Morgan fingerprint density at radius 1 is 1.30 bits per heavy atom. The van der Waals surface area contributed by atoms with E-state index in [1.54, 1.807) is 4.31 Å². The molecule has 20 heavy (non-hydrogen) atoms. The first-order valence-corrected chi connectivity index (χ1v) is 8.43. The van der Waals surface area contributed by atoms with Crippen molar-refractivity contribution in [3.8, 4) is 6.07 Å². The highest BCUT2D eigenvalue weighted by atomic mass is 35.5. The summed E-state index contributed by atoms with van der Waals surface area (Å²) in [5, 5.41) is 9.02. The number of nitrogens with zero attached hydrogens (tertiary/aromatic N) is 2. The number of rotatable bonds is 2. The SMILES string of the molecule is CC1CCCC(C)N1S(=O)(=O)c1ccc(C#N)c(Cl)c1. The molecule has 0 aromatic heterocycles. The van der Waals surface area contributed by atoms with Crippen LogP contribution in [0, 0.1) is 11.3 Å². The molecule has 4 nitrogen and oxygen atoms in total. The van der Waals surface area contributed by atoms with Crippen LogP contribution in [0.1, 0.15) is 38.7 Å². The number of piperidine rings is 1. The standard InChI is InChI=1S/C14H17ClN2O2S/c1-10-4-3-5-11(2)17(10)20(18,19)13-7-6-12(9-16)14(15)8-13/h6-8,10-11H,3-5H2,1-2H3. The summed E-state index contributed by atoms with van der Waals surface area (Å²) in [6.45, 7) is 3.86. The van der Waals surface area contributed by atoms with E-state index in [1.807, 2.05) is 19.9 Å². The van der Waals surface area contributed by atoms with E-state index in [9.17, 15) is 8.42 Å². The normalized spacial score (nSPS) is 24.3. The van der Waals surface area contributed by atoms with Crippen LogP contribution in [0.25, 0.3) is 0 Å². The van der Waals surface area contributed by atoms with Gasteiger partial charge in [-0.1, -0.05) is 18.0 Å². The van der Waals surface area contributed by atoms with E-state index in [4.69, 9.17) is 16.9 Å². The molecule has 2 rings (SSSR count). The predicted octanol–water partition coefficient (Wildman–Crippen LogP) is 3.16. The summed E-state index contributed by atoms with van der Waals surface area (Å²) in [4.78, 5) is 0.155. The Morgan fingerprint density at radius 2 is 1.90 bits per heavy atom. The molecule has 0 radical (unpaired) electrons. The number of nitriles is 1. The molecule has 1 aromatic rings. The first-order valence-electron chi connectivity index (χ1n) is 6.61. The second-order valence-electron chi connectivity index (χ2n) is 5.22. The molecule has 1 heterocycles. The summed E-state index contributed by atoms with van der Waals surface area (Å²) in [5.41, 5.74) is 0.283. The van der Waals surface area contributed by atoms with E-state index in [2.05, 4.69) is 0 Å². The summed E-state index contributed by atoms with van der Waals surface area (Å²) in [6, 6.07) is 6.17. The Balaban J connectivity index is 2.44. The number of hydrogen-bond acceptors (Lipinski definition) is 3. The van der Waals surface area contributed by atoms with Gasteiger partial charge in [0.15, 0.2) is 0 Å². The molecule has 1 aliphatic heterocycles. The van der Waals surface area contributed by atoms with E-state index in [0.717, 1.165) is 19.3 Å². The van der Waals surface area contributed by atoms with E-state index in [0.29, 0.717) is 0 Å². The van der Waals surface area contributed by atoms with Crippen molar-refractivity contribution >= 4 is 21.6 Å². The first-order chi connectivity index (χ1) is 9.37. The lowest BCUT2D eigenvalue weighted by Crippen LogP contribution is -2.47. The van der Waals surface area contributed by atoms with Crippen LogP contribution >= 0.6 is 11.6 Å². The van der Waals surface area contributed by atoms with Crippen LogP contribution in [-0.2, 0) is 10.0 Å². The highest BCUT2D eigenvalue weighted by molar-refractivity contribution is 7.89. The Kier molecular flexibility index (Phi) is 4.38. The minimum absolute atomic E-state index is 0.0156. The van der Waals surface area contributed by atoms with Crippen LogP contribution in [-0.4, -0.2) is 24.8 Å². The first kappa shape index (κ1) is 15.3. The number of hydrogen-bond donors (Lipinski definition) is 0. The zero-order valence-corrected chi connectivity index (χ0v) is 13.1. The molecular weight excluding hydrogens is 296 g/mol. The largest absolute Gasteiger partial charge is 0.243 e. The van der Waals surface area contributed by atoms with Gasteiger partial charge in [-0.2, -0.15) is 9.57 Å². The summed E-state index contributed by atoms with van der Waals surface area (Å²) in [7, 11) is -3.57.